The van der Waals surface area contributed by atoms with E-state index in [0.29, 0.717) is 0 Å². The predicted octanol–water partition coefficient (Wildman–Crippen LogP) is 16.5. The Kier molecular flexibility index (Phi) is 34.2. The molecule has 0 amide bonds. The summed E-state index contributed by atoms with van der Waals surface area (Å²) >= 11 is 6.39. The fourth-order valence-corrected chi connectivity index (χ4v) is 9.76. The minimum absolute atomic E-state index is 1.27. The molecule has 1 rings (SSSR count). The Labute approximate surface area is 297 Å². The smallest absolute Gasteiger partial charge is 0.0345 e. The highest BCUT2D eigenvalue weighted by atomic mass is 32.2. The van der Waals surface area contributed by atoms with Gasteiger partial charge in [-0.05, 0) is 54.7 Å². The number of benzene rings is 1. The number of hydrogen-bond acceptors (Lipinski definition) is 3. The van der Waals surface area contributed by atoms with E-state index >= 15 is 0 Å². The zero-order chi connectivity index (χ0) is 32.3. The lowest BCUT2D eigenvalue weighted by Gasteiger charge is -2.14. The van der Waals surface area contributed by atoms with Crippen molar-refractivity contribution in [3.63, 3.8) is 0 Å². The molecule has 1 aromatic rings. The fourth-order valence-electron chi connectivity index (χ4n) is 6.11. The first-order chi connectivity index (χ1) is 22.3. The Bertz CT molecular complexity index is 674. The lowest BCUT2D eigenvalue weighted by atomic mass is 10.1. The van der Waals surface area contributed by atoms with Crippen LogP contribution in [0, 0.1) is 6.07 Å². The van der Waals surface area contributed by atoms with Gasteiger partial charge in [0, 0.05) is 14.7 Å². The van der Waals surface area contributed by atoms with Crippen LogP contribution < -0.4 is 0 Å². The largest absolute Gasteiger partial charge is 0.125 e. The molecule has 263 valence electrons. The van der Waals surface area contributed by atoms with Crippen LogP contribution in [0.2, 0.25) is 0 Å². The lowest BCUT2D eigenvalue weighted by Crippen LogP contribution is -1.91. The van der Waals surface area contributed by atoms with Gasteiger partial charge >= 0.3 is 0 Å². The molecular weight excluding hydrogens is 601 g/mol. The second kappa shape index (κ2) is 35.6. The first kappa shape index (κ1) is 43.3. The predicted molar refractivity (Wildman–Crippen MR) is 213 cm³/mol. The Morgan fingerprint density at radius 2 is 0.578 bits per heavy atom. The summed E-state index contributed by atoms with van der Waals surface area (Å²) in [6, 6.07) is 8.13. The molecule has 1 radical (unpaired) electrons. The van der Waals surface area contributed by atoms with E-state index in [9.17, 15) is 0 Å². The number of thioether (sulfide) groups is 3. The average Bonchev–Trinajstić information content (AvgIpc) is 3.05. The quantitative estimate of drug-likeness (QED) is 0.0512. The van der Waals surface area contributed by atoms with Gasteiger partial charge in [-0.25, -0.2) is 0 Å². The van der Waals surface area contributed by atoms with E-state index in [-0.39, 0.29) is 0 Å². The van der Waals surface area contributed by atoms with Crippen LogP contribution in [-0.4, -0.2) is 17.3 Å². The Morgan fingerprint density at radius 1 is 0.333 bits per heavy atom. The van der Waals surface area contributed by atoms with E-state index in [0.717, 1.165) is 0 Å². The van der Waals surface area contributed by atoms with Gasteiger partial charge in [0.2, 0.25) is 0 Å². The first-order valence-electron chi connectivity index (χ1n) is 20.3. The Balaban J connectivity index is 2.39. The Hall–Kier alpha value is 0.270. The summed E-state index contributed by atoms with van der Waals surface area (Å²) in [4.78, 5) is 4.60. The number of hydrogen-bond donors (Lipinski definition) is 0. The van der Waals surface area contributed by atoms with Crippen LogP contribution in [0.3, 0.4) is 0 Å². The van der Waals surface area contributed by atoms with E-state index < -0.39 is 0 Å². The SMILES string of the molecule is CCCCCCCCCCCCSc1c[c]cc(SCCCCCCCCCCCC)c1SCCCCCCCCCCCC. The molecule has 0 N–H and O–H groups in total. The van der Waals surface area contributed by atoms with Crippen molar-refractivity contribution >= 4 is 35.3 Å². The van der Waals surface area contributed by atoms with Crippen molar-refractivity contribution in [3.8, 4) is 0 Å². The van der Waals surface area contributed by atoms with Crippen LogP contribution in [-0.2, 0) is 0 Å². The standard InChI is InChI=1S/C42H77S3/c1-4-7-10-13-16-19-22-25-28-31-37-43-40-35-34-36-41(44-38-32-29-26-23-20-17-14-11-8-5-2)42(40)45-39-33-30-27-24-21-18-15-12-9-6-3/h35-36H,4-33,37-39H2,1-3H3. The summed E-state index contributed by atoms with van der Waals surface area (Å²) in [5, 5.41) is 0. The molecular formula is C42H77S3. The van der Waals surface area contributed by atoms with Gasteiger partial charge in [0.15, 0.2) is 0 Å². The third kappa shape index (κ3) is 27.9. The molecule has 0 nitrogen and oxygen atoms in total. The first-order valence-corrected chi connectivity index (χ1v) is 23.2. The molecule has 0 spiro atoms. The van der Waals surface area contributed by atoms with Crippen molar-refractivity contribution in [2.45, 2.75) is 228 Å². The zero-order valence-electron chi connectivity index (χ0n) is 30.7. The molecule has 3 heteroatoms. The van der Waals surface area contributed by atoms with Crippen molar-refractivity contribution in [3.05, 3.63) is 18.2 Å². The van der Waals surface area contributed by atoms with E-state index in [4.69, 9.17) is 0 Å². The minimum atomic E-state index is 1.27. The minimum Gasteiger partial charge on any atom is -0.125 e. The summed E-state index contributed by atoms with van der Waals surface area (Å²) in [7, 11) is 0. The second-order valence-electron chi connectivity index (χ2n) is 13.6. The highest BCUT2D eigenvalue weighted by Gasteiger charge is 2.11. The second-order valence-corrected chi connectivity index (χ2v) is 17.0. The molecule has 0 aliphatic carbocycles. The third-order valence-corrected chi connectivity index (χ3v) is 12.9. The topological polar surface area (TPSA) is 0 Å². The number of unbranched alkanes of at least 4 members (excludes halogenated alkanes) is 27. The molecule has 0 atom stereocenters. The van der Waals surface area contributed by atoms with Crippen LogP contribution in [0.25, 0.3) is 0 Å². The molecule has 0 aliphatic rings. The van der Waals surface area contributed by atoms with Gasteiger partial charge in [-0.1, -0.05) is 194 Å². The molecule has 0 aliphatic heterocycles. The molecule has 1 aromatic carbocycles. The van der Waals surface area contributed by atoms with Crippen LogP contribution in [0.5, 0.6) is 0 Å². The van der Waals surface area contributed by atoms with Crippen molar-refractivity contribution in [1.29, 1.82) is 0 Å². The average molecular weight is 678 g/mol. The summed E-state index contributed by atoms with van der Waals surface area (Å²) in [6.07, 6.45) is 42.6. The van der Waals surface area contributed by atoms with E-state index in [2.05, 4.69) is 74.3 Å². The van der Waals surface area contributed by atoms with E-state index in [1.807, 2.05) is 0 Å². The van der Waals surface area contributed by atoms with Crippen LogP contribution in [0.1, 0.15) is 213 Å². The van der Waals surface area contributed by atoms with E-state index in [1.165, 1.54) is 220 Å². The van der Waals surface area contributed by atoms with Gasteiger partial charge in [0.25, 0.3) is 0 Å². The lowest BCUT2D eigenvalue weighted by molar-refractivity contribution is 0.563. The number of rotatable bonds is 36. The van der Waals surface area contributed by atoms with Gasteiger partial charge in [0.05, 0.1) is 0 Å². The molecule has 0 fully saturated rings. The molecule has 0 heterocycles. The monoisotopic (exact) mass is 678 g/mol. The summed E-state index contributed by atoms with van der Waals surface area (Å²) < 4.78 is 0. The van der Waals surface area contributed by atoms with Crippen molar-refractivity contribution in [2.75, 3.05) is 17.3 Å². The van der Waals surface area contributed by atoms with Gasteiger partial charge in [0.1, 0.15) is 0 Å². The molecule has 0 saturated carbocycles. The van der Waals surface area contributed by atoms with Gasteiger partial charge in [-0.2, -0.15) is 0 Å². The molecule has 0 aromatic heterocycles. The zero-order valence-corrected chi connectivity index (χ0v) is 33.2. The highest BCUT2D eigenvalue weighted by Crippen LogP contribution is 2.39. The van der Waals surface area contributed by atoms with Gasteiger partial charge < -0.3 is 0 Å². The molecule has 0 bridgehead atoms. The van der Waals surface area contributed by atoms with Crippen molar-refractivity contribution < 1.29 is 0 Å². The molecule has 0 unspecified atom stereocenters. The third-order valence-electron chi connectivity index (χ3n) is 9.13. The maximum atomic E-state index is 3.54. The van der Waals surface area contributed by atoms with Crippen LogP contribution in [0.15, 0.2) is 26.8 Å². The normalized spacial score (nSPS) is 11.5. The van der Waals surface area contributed by atoms with Crippen molar-refractivity contribution in [2.24, 2.45) is 0 Å². The van der Waals surface area contributed by atoms with E-state index in [1.54, 1.807) is 4.90 Å². The van der Waals surface area contributed by atoms with Crippen LogP contribution in [0.4, 0.5) is 0 Å². The maximum Gasteiger partial charge on any atom is 0.0345 e. The van der Waals surface area contributed by atoms with Gasteiger partial charge in [-0.15, -0.1) is 35.3 Å². The summed E-state index contributed by atoms with van der Waals surface area (Å²) in [6.45, 7) is 6.93. The highest BCUT2D eigenvalue weighted by molar-refractivity contribution is 8.03. The fraction of sp³-hybridized carbons (Fsp3) is 0.857. The summed E-state index contributed by atoms with van der Waals surface area (Å²) in [5.74, 6) is 3.81. The maximum absolute atomic E-state index is 3.54. The molecule has 45 heavy (non-hydrogen) atoms. The van der Waals surface area contributed by atoms with Gasteiger partial charge in [-0.3, -0.25) is 0 Å². The summed E-state index contributed by atoms with van der Waals surface area (Å²) in [5.41, 5.74) is 0. The van der Waals surface area contributed by atoms with Crippen molar-refractivity contribution in [1.82, 2.24) is 0 Å². The molecule has 0 saturated heterocycles. The van der Waals surface area contributed by atoms with Crippen LogP contribution >= 0.6 is 35.3 Å². The Morgan fingerprint density at radius 3 is 0.867 bits per heavy atom.